The van der Waals surface area contributed by atoms with Gasteiger partial charge < -0.3 is 29.0 Å². The summed E-state index contributed by atoms with van der Waals surface area (Å²) in [6, 6.07) is 27.7. The average Bonchev–Trinajstić information content (AvgIpc) is 2.97. The lowest BCUT2D eigenvalue weighted by Gasteiger charge is -2.45. The Morgan fingerprint density at radius 2 is 1.07 bits per heavy atom. The van der Waals surface area contributed by atoms with Gasteiger partial charge in [-0.2, -0.15) is 0 Å². The molecule has 1 aliphatic rings. The number of nitrogens with one attached hydrogen (secondary N) is 1. The minimum Gasteiger partial charge on any atom is -0.456 e. The third-order valence-corrected chi connectivity index (χ3v) is 6.91. The monoisotopic (exact) mass is 589 g/mol. The van der Waals surface area contributed by atoms with Gasteiger partial charge in [0.15, 0.2) is 12.2 Å². The van der Waals surface area contributed by atoms with Gasteiger partial charge in [0, 0.05) is 27.7 Å². The highest BCUT2D eigenvalue weighted by molar-refractivity contribution is 5.74. The number of benzene rings is 3. The summed E-state index contributed by atoms with van der Waals surface area (Å²) in [7, 11) is 0. The van der Waals surface area contributed by atoms with E-state index in [9.17, 15) is 19.2 Å². The van der Waals surface area contributed by atoms with Gasteiger partial charge in [0.05, 0.1) is 6.61 Å². The van der Waals surface area contributed by atoms with E-state index in [1.807, 2.05) is 91.0 Å². The first-order valence-corrected chi connectivity index (χ1v) is 13.9. The molecule has 10 nitrogen and oxygen atoms in total. The SMILES string of the molecule is CC(=O)N[C@@H]1[C@@H](OC(C)=O)O[C@@H](COC(c2ccccc2)(c2ccccc2)c2ccccc2)[C@@H](OC(C)=O)[C@@H]1OC(C)=O. The average molecular weight is 590 g/mol. The fraction of sp³-hybridized carbons (Fsp3) is 0.333. The van der Waals surface area contributed by atoms with Gasteiger partial charge in [-0.05, 0) is 16.7 Å². The molecule has 0 aromatic heterocycles. The molecule has 0 aliphatic carbocycles. The van der Waals surface area contributed by atoms with Crippen LogP contribution in [0.3, 0.4) is 0 Å². The standard InChI is InChI=1S/C33H35NO9/c1-21(35)34-29-31(41-23(3)37)30(40-22(2)36)28(43-32(29)42-24(4)38)20-39-33(25-14-8-5-9-15-25,26-16-10-6-11-17-26)27-18-12-7-13-19-27/h5-19,28-32H,20H2,1-4H3,(H,34,35)/t28-,29-,30+,31+,32-/m0/s1. The molecule has 1 amide bonds. The number of esters is 3. The Hall–Kier alpha value is -4.54. The molecule has 1 N–H and O–H groups in total. The van der Waals surface area contributed by atoms with Gasteiger partial charge in [-0.3, -0.25) is 19.2 Å². The Morgan fingerprint density at radius 1 is 0.651 bits per heavy atom. The molecule has 226 valence electrons. The van der Waals surface area contributed by atoms with Crippen LogP contribution in [0.2, 0.25) is 0 Å². The number of hydrogen-bond donors (Lipinski definition) is 1. The molecule has 3 aromatic rings. The van der Waals surface area contributed by atoms with Crippen LogP contribution >= 0.6 is 0 Å². The van der Waals surface area contributed by atoms with Gasteiger partial charge in [0.25, 0.3) is 0 Å². The summed E-state index contributed by atoms with van der Waals surface area (Å²) in [5.41, 5.74) is 1.29. The van der Waals surface area contributed by atoms with Gasteiger partial charge in [-0.1, -0.05) is 91.0 Å². The highest BCUT2D eigenvalue weighted by atomic mass is 16.7. The number of ether oxygens (including phenoxy) is 5. The van der Waals surface area contributed by atoms with E-state index in [1.165, 1.54) is 27.7 Å². The van der Waals surface area contributed by atoms with Crippen molar-refractivity contribution in [2.45, 2.75) is 63.9 Å². The summed E-state index contributed by atoms with van der Waals surface area (Å²) < 4.78 is 29.7. The van der Waals surface area contributed by atoms with Crippen molar-refractivity contribution in [3.63, 3.8) is 0 Å². The van der Waals surface area contributed by atoms with Gasteiger partial charge in [-0.25, -0.2) is 0 Å². The summed E-state index contributed by atoms with van der Waals surface area (Å²) in [6.45, 7) is 4.61. The van der Waals surface area contributed by atoms with Crippen LogP contribution in [0.25, 0.3) is 0 Å². The first-order chi connectivity index (χ1) is 20.6. The minimum absolute atomic E-state index is 0.209. The first-order valence-electron chi connectivity index (χ1n) is 13.9. The summed E-state index contributed by atoms with van der Waals surface area (Å²) in [5, 5.41) is 2.62. The zero-order valence-electron chi connectivity index (χ0n) is 24.4. The molecule has 1 aliphatic heterocycles. The lowest BCUT2D eigenvalue weighted by atomic mass is 9.80. The highest BCUT2D eigenvalue weighted by Gasteiger charge is 2.52. The Balaban J connectivity index is 1.83. The predicted octanol–water partition coefficient (Wildman–Crippen LogP) is 3.65. The molecule has 0 spiro atoms. The molecule has 1 heterocycles. The van der Waals surface area contributed by atoms with E-state index in [2.05, 4.69) is 5.32 Å². The molecule has 10 heteroatoms. The Morgan fingerprint density at radius 3 is 1.47 bits per heavy atom. The van der Waals surface area contributed by atoms with E-state index < -0.39 is 60.1 Å². The van der Waals surface area contributed by atoms with Crippen LogP contribution in [0.15, 0.2) is 91.0 Å². The van der Waals surface area contributed by atoms with E-state index in [0.717, 1.165) is 16.7 Å². The quantitative estimate of drug-likeness (QED) is 0.214. The zero-order chi connectivity index (χ0) is 31.0. The Bertz CT molecular complexity index is 1300. The molecular formula is C33H35NO9. The normalized spacial score (nSPS) is 21.7. The molecular weight excluding hydrogens is 554 g/mol. The van der Waals surface area contributed by atoms with Crippen LogP contribution in [-0.2, 0) is 48.5 Å². The zero-order valence-corrected chi connectivity index (χ0v) is 24.4. The van der Waals surface area contributed by atoms with Crippen molar-refractivity contribution in [3.05, 3.63) is 108 Å². The molecule has 1 fully saturated rings. The minimum atomic E-state index is -1.38. The lowest BCUT2D eigenvalue weighted by Crippen LogP contribution is -2.67. The fourth-order valence-electron chi connectivity index (χ4n) is 5.33. The maximum atomic E-state index is 12.3. The molecule has 3 aromatic carbocycles. The van der Waals surface area contributed by atoms with Gasteiger partial charge >= 0.3 is 17.9 Å². The molecule has 1 saturated heterocycles. The molecule has 43 heavy (non-hydrogen) atoms. The van der Waals surface area contributed by atoms with Crippen molar-refractivity contribution in [2.75, 3.05) is 6.61 Å². The highest BCUT2D eigenvalue weighted by Crippen LogP contribution is 2.41. The molecule has 5 atom stereocenters. The Kier molecular flexibility index (Phi) is 10.3. The van der Waals surface area contributed by atoms with Crippen molar-refractivity contribution >= 4 is 23.8 Å². The second kappa shape index (κ2) is 14.1. The third-order valence-electron chi connectivity index (χ3n) is 6.91. The number of hydrogen-bond acceptors (Lipinski definition) is 9. The summed E-state index contributed by atoms with van der Waals surface area (Å²) >= 11 is 0. The topological polar surface area (TPSA) is 126 Å². The molecule has 0 bridgehead atoms. The third kappa shape index (κ3) is 7.46. The van der Waals surface area contributed by atoms with Gasteiger partial charge in [-0.15, -0.1) is 0 Å². The first kappa shape index (κ1) is 31.4. The number of carbonyl (C=O) groups excluding carboxylic acids is 4. The van der Waals surface area contributed by atoms with E-state index in [-0.39, 0.29) is 6.61 Å². The van der Waals surface area contributed by atoms with Crippen molar-refractivity contribution in [3.8, 4) is 0 Å². The van der Waals surface area contributed by atoms with Crippen LogP contribution in [0.5, 0.6) is 0 Å². The van der Waals surface area contributed by atoms with Crippen LogP contribution < -0.4 is 5.32 Å². The number of amides is 1. The number of carbonyl (C=O) groups is 4. The smallest absolute Gasteiger partial charge is 0.305 e. The largest absolute Gasteiger partial charge is 0.456 e. The van der Waals surface area contributed by atoms with Crippen molar-refractivity contribution in [1.29, 1.82) is 0 Å². The van der Waals surface area contributed by atoms with Crippen LogP contribution in [0.4, 0.5) is 0 Å². The molecule has 0 radical (unpaired) electrons. The van der Waals surface area contributed by atoms with E-state index >= 15 is 0 Å². The van der Waals surface area contributed by atoms with Crippen LogP contribution in [-0.4, -0.2) is 61.1 Å². The second-order valence-corrected chi connectivity index (χ2v) is 10.1. The molecule has 4 rings (SSSR count). The van der Waals surface area contributed by atoms with E-state index in [1.54, 1.807) is 0 Å². The molecule has 0 unspecified atom stereocenters. The predicted molar refractivity (Wildman–Crippen MR) is 154 cm³/mol. The lowest BCUT2D eigenvalue weighted by molar-refractivity contribution is -0.275. The Labute approximate surface area is 250 Å². The van der Waals surface area contributed by atoms with Crippen LogP contribution in [0.1, 0.15) is 44.4 Å². The summed E-state index contributed by atoms with van der Waals surface area (Å²) in [5.74, 6) is -2.58. The van der Waals surface area contributed by atoms with E-state index in [4.69, 9.17) is 23.7 Å². The summed E-state index contributed by atoms with van der Waals surface area (Å²) in [4.78, 5) is 48.7. The summed E-state index contributed by atoms with van der Waals surface area (Å²) in [6.07, 6.45) is -4.98. The van der Waals surface area contributed by atoms with Gasteiger partial charge in [0.1, 0.15) is 17.7 Å². The maximum absolute atomic E-state index is 12.3. The fourth-order valence-corrected chi connectivity index (χ4v) is 5.33. The number of rotatable bonds is 10. The second-order valence-electron chi connectivity index (χ2n) is 10.1. The van der Waals surface area contributed by atoms with Crippen molar-refractivity contribution < 1.29 is 42.9 Å². The molecule has 0 saturated carbocycles. The van der Waals surface area contributed by atoms with Crippen molar-refractivity contribution in [2.24, 2.45) is 0 Å². The van der Waals surface area contributed by atoms with Crippen molar-refractivity contribution in [1.82, 2.24) is 5.32 Å². The van der Waals surface area contributed by atoms with Gasteiger partial charge in [0.2, 0.25) is 12.2 Å². The van der Waals surface area contributed by atoms with Crippen LogP contribution in [0, 0.1) is 0 Å². The maximum Gasteiger partial charge on any atom is 0.305 e. The van der Waals surface area contributed by atoms with E-state index in [0.29, 0.717) is 0 Å².